The summed E-state index contributed by atoms with van der Waals surface area (Å²) in [5.41, 5.74) is 0. The highest BCUT2D eigenvalue weighted by Gasteiger charge is 1.95. The van der Waals surface area contributed by atoms with E-state index in [0.29, 0.717) is 6.42 Å². The minimum Gasteiger partial charge on any atom is -0.481 e. The second-order valence-electron chi connectivity index (χ2n) is 5.90. The van der Waals surface area contributed by atoms with Crippen LogP contribution in [0.5, 0.6) is 0 Å². The number of carboxylic acid groups (broad SMARTS) is 1. The molecule has 0 rings (SSSR count). The third kappa shape index (κ3) is 20.1. The predicted octanol–water partition coefficient (Wildman–Crippen LogP) is 5.74. The van der Waals surface area contributed by atoms with Crippen molar-refractivity contribution in [2.45, 2.75) is 70.8 Å². The number of rotatable bonds is 15. The molecule has 3 heteroatoms. The quantitative estimate of drug-likeness (QED) is 0.226. The minimum absolute atomic E-state index is 0.274. The SMILES string of the molecule is CC/C=C\C/C=C\C[C@H](O)/C=C/C=C\C/C=C\CCCCCC(=O)O. The van der Waals surface area contributed by atoms with Gasteiger partial charge in [-0.25, -0.2) is 0 Å². The standard InChI is InChI=1S/C22H34O3/c1-2-3-4-5-12-15-18-21(23)19-16-13-10-8-6-7-9-11-14-17-20-22(24)25/h3-4,6-7,10,12-13,15-16,19,21,23H,2,5,8-9,11,14,17-18,20H2,1H3,(H,24,25)/b4-3-,7-6-,13-10-,15-12-,19-16+/t21-/m0/s1. The average molecular weight is 347 g/mol. The van der Waals surface area contributed by atoms with Crippen LogP contribution in [-0.2, 0) is 4.79 Å². The maximum atomic E-state index is 10.4. The summed E-state index contributed by atoms with van der Waals surface area (Å²) in [7, 11) is 0. The molecule has 3 nitrogen and oxygen atoms in total. The monoisotopic (exact) mass is 346 g/mol. The molecule has 0 aliphatic rings. The Hall–Kier alpha value is -1.87. The van der Waals surface area contributed by atoms with E-state index >= 15 is 0 Å². The summed E-state index contributed by atoms with van der Waals surface area (Å²) in [6, 6.07) is 0. The molecule has 140 valence electrons. The summed E-state index contributed by atoms with van der Waals surface area (Å²) in [5, 5.41) is 18.3. The van der Waals surface area contributed by atoms with Crippen molar-refractivity contribution in [3.8, 4) is 0 Å². The topological polar surface area (TPSA) is 57.5 Å². The van der Waals surface area contributed by atoms with Crippen molar-refractivity contribution >= 4 is 5.97 Å². The smallest absolute Gasteiger partial charge is 0.303 e. The number of aliphatic hydroxyl groups is 1. The normalized spacial score (nSPS) is 14.0. The number of allylic oxidation sites excluding steroid dienone is 8. The van der Waals surface area contributed by atoms with Gasteiger partial charge in [0.1, 0.15) is 0 Å². The number of unbranched alkanes of at least 4 members (excludes halogenated alkanes) is 3. The van der Waals surface area contributed by atoms with Gasteiger partial charge in [-0.3, -0.25) is 4.79 Å². The zero-order valence-electron chi connectivity index (χ0n) is 15.5. The second-order valence-corrected chi connectivity index (χ2v) is 5.90. The van der Waals surface area contributed by atoms with E-state index in [0.717, 1.165) is 44.9 Å². The Labute approximate surface area is 153 Å². The Bertz CT molecular complexity index is 456. The molecule has 25 heavy (non-hydrogen) atoms. The minimum atomic E-state index is -0.709. The van der Waals surface area contributed by atoms with E-state index in [2.05, 4.69) is 43.4 Å². The Balaban J connectivity index is 3.62. The van der Waals surface area contributed by atoms with Crippen molar-refractivity contribution in [3.63, 3.8) is 0 Å². The number of aliphatic hydroxyl groups excluding tert-OH is 1. The Morgan fingerprint density at radius 2 is 1.60 bits per heavy atom. The summed E-state index contributed by atoms with van der Waals surface area (Å²) in [6.07, 6.45) is 27.4. The van der Waals surface area contributed by atoms with Crippen molar-refractivity contribution < 1.29 is 15.0 Å². The Kier molecular flexibility index (Phi) is 17.1. The van der Waals surface area contributed by atoms with Crippen LogP contribution in [0.4, 0.5) is 0 Å². The largest absolute Gasteiger partial charge is 0.481 e. The Morgan fingerprint density at radius 3 is 2.36 bits per heavy atom. The van der Waals surface area contributed by atoms with Crippen molar-refractivity contribution in [2.24, 2.45) is 0 Å². The number of aliphatic carboxylic acids is 1. The van der Waals surface area contributed by atoms with E-state index < -0.39 is 12.1 Å². The van der Waals surface area contributed by atoms with Gasteiger partial charge in [0.2, 0.25) is 0 Å². The molecular weight excluding hydrogens is 312 g/mol. The van der Waals surface area contributed by atoms with Crippen LogP contribution < -0.4 is 0 Å². The van der Waals surface area contributed by atoms with Gasteiger partial charge < -0.3 is 10.2 Å². The van der Waals surface area contributed by atoms with Crippen LogP contribution in [0.25, 0.3) is 0 Å². The predicted molar refractivity (Wildman–Crippen MR) is 107 cm³/mol. The first-order chi connectivity index (χ1) is 12.2. The molecule has 0 aliphatic heterocycles. The van der Waals surface area contributed by atoms with Gasteiger partial charge in [0.25, 0.3) is 0 Å². The van der Waals surface area contributed by atoms with E-state index in [-0.39, 0.29) is 6.42 Å². The van der Waals surface area contributed by atoms with Crippen molar-refractivity contribution in [1.29, 1.82) is 0 Å². The Morgan fingerprint density at radius 1 is 0.880 bits per heavy atom. The molecule has 0 saturated carbocycles. The zero-order chi connectivity index (χ0) is 18.6. The third-order valence-corrected chi connectivity index (χ3v) is 3.50. The average Bonchev–Trinajstić information content (AvgIpc) is 2.58. The number of hydrogen-bond donors (Lipinski definition) is 2. The molecule has 1 atom stereocenters. The van der Waals surface area contributed by atoms with Crippen LogP contribution in [0.2, 0.25) is 0 Å². The summed E-state index contributed by atoms with van der Waals surface area (Å²) in [6.45, 7) is 2.11. The third-order valence-electron chi connectivity index (χ3n) is 3.50. The number of carboxylic acids is 1. The maximum absolute atomic E-state index is 10.4. The lowest BCUT2D eigenvalue weighted by Crippen LogP contribution is -1.98. The number of carbonyl (C=O) groups is 1. The first kappa shape index (κ1) is 23.1. The molecule has 0 bridgehead atoms. The van der Waals surface area contributed by atoms with Gasteiger partial charge in [-0.15, -0.1) is 0 Å². The summed E-state index contributed by atoms with van der Waals surface area (Å²) < 4.78 is 0. The van der Waals surface area contributed by atoms with Gasteiger partial charge in [0, 0.05) is 6.42 Å². The molecule has 0 radical (unpaired) electrons. The van der Waals surface area contributed by atoms with Gasteiger partial charge in [-0.05, 0) is 44.9 Å². The van der Waals surface area contributed by atoms with Gasteiger partial charge in [-0.1, -0.05) is 74.1 Å². The molecule has 0 aliphatic carbocycles. The van der Waals surface area contributed by atoms with Crippen molar-refractivity contribution in [1.82, 2.24) is 0 Å². The second kappa shape index (κ2) is 18.5. The lowest BCUT2D eigenvalue weighted by molar-refractivity contribution is -0.137. The summed E-state index contributed by atoms with van der Waals surface area (Å²) in [5.74, 6) is -0.709. The lowest BCUT2D eigenvalue weighted by Gasteiger charge is -1.98. The van der Waals surface area contributed by atoms with Gasteiger partial charge in [-0.2, -0.15) is 0 Å². The van der Waals surface area contributed by atoms with Crippen LogP contribution in [-0.4, -0.2) is 22.3 Å². The molecule has 0 heterocycles. The van der Waals surface area contributed by atoms with Crippen LogP contribution >= 0.6 is 0 Å². The molecule has 0 saturated heterocycles. The van der Waals surface area contributed by atoms with Crippen LogP contribution in [0, 0.1) is 0 Å². The fourth-order valence-corrected chi connectivity index (χ4v) is 2.11. The van der Waals surface area contributed by atoms with Crippen LogP contribution in [0.1, 0.15) is 64.7 Å². The van der Waals surface area contributed by atoms with Gasteiger partial charge >= 0.3 is 5.97 Å². The highest BCUT2D eigenvalue weighted by atomic mass is 16.4. The lowest BCUT2D eigenvalue weighted by atomic mass is 10.1. The van der Waals surface area contributed by atoms with E-state index in [1.54, 1.807) is 6.08 Å². The number of hydrogen-bond acceptors (Lipinski definition) is 2. The van der Waals surface area contributed by atoms with Gasteiger partial charge in [0.05, 0.1) is 6.10 Å². The van der Waals surface area contributed by atoms with Crippen LogP contribution in [0.15, 0.2) is 60.8 Å². The molecule has 0 fully saturated rings. The maximum Gasteiger partial charge on any atom is 0.303 e. The molecule has 0 amide bonds. The molecule has 2 N–H and O–H groups in total. The molecule has 0 aromatic carbocycles. The molecule has 0 aromatic rings. The van der Waals surface area contributed by atoms with E-state index in [9.17, 15) is 9.90 Å². The van der Waals surface area contributed by atoms with Crippen LogP contribution in [0.3, 0.4) is 0 Å². The molecule has 0 aromatic heterocycles. The molecular formula is C22H34O3. The van der Waals surface area contributed by atoms with E-state index in [1.165, 1.54) is 0 Å². The van der Waals surface area contributed by atoms with E-state index in [4.69, 9.17) is 5.11 Å². The molecule has 0 spiro atoms. The highest BCUT2D eigenvalue weighted by molar-refractivity contribution is 5.66. The van der Waals surface area contributed by atoms with Gasteiger partial charge in [0.15, 0.2) is 0 Å². The fourth-order valence-electron chi connectivity index (χ4n) is 2.11. The molecule has 0 unspecified atom stereocenters. The van der Waals surface area contributed by atoms with Crippen molar-refractivity contribution in [3.05, 3.63) is 60.8 Å². The first-order valence-corrected chi connectivity index (χ1v) is 9.35. The highest BCUT2D eigenvalue weighted by Crippen LogP contribution is 2.04. The summed E-state index contributed by atoms with van der Waals surface area (Å²) >= 11 is 0. The van der Waals surface area contributed by atoms with Crippen molar-refractivity contribution in [2.75, 3.05) is 0 Å². The van der Waals surface area contributed by atoms with E-state index in [1.807, 2.05) is 18.2 Å². The fraction of sp³-hybridized carbons (Fsp3) is 0.500. The zero-order valence-corrected chi connectivity index (χ0v) is 15.5. The summed E-state index contributed by atoms with van der Waals surface area (Å²) in [4.78, 5) is 10.4. The first-order valence-electron chi connectivity index (χ1n) is 9.35.